The summed E-state index contributed by atoms with van der Waals surface area (Å²) in [6.45, 7) is 2.06. The topological polar surface area (TPSA) is 0 Å². The maximum Gasteiger partial charge on any atom is 0.0713 e. The number of hydrogen-bond donors (Lipinski definition) is 0. The highest BCUT2D eigenvalue weighted by atomic mass is 14.5. The Balaban J connectivity index is 0.00000220. The van der Waals surface area contributed by atoms with E-state index in [1.54, 1.807) is 0 Å². The number of hydrogen-bond acceptors (Lipinski definition) is 0. The van der Waals surface area contributed by atoms with Gasteiger partial charge >= 0.3 is 0 Å². The summed E-state index contributed by atoms with van der Waals surface area (Å²) < 4.78 is 0. The Bertz CT molecular complexity index is 2840. The third-order valence-corrected chi connectivity index (χ3v) is 11.8. The van der Waals surface area contributed by atoms with Gasteiger partial charge in [0.15, 0.2) is 0 Å². The average Bonchev–Trinajstić information content (AvgIpc) is 3.53. The van der Waals surface area contributed by atoms with Crippen molar-refractivity contribution in [3.8, 4) is 45.7 Å². The minimum absolute atomic E-state index is 0. The van der Waals surface area contributed by atoms with Gasteiger partial charge in [-0.3, -0.25) is 0 Å². The molecule has 0 unspecified atom stereocenters. The summed E-state index contributed by atoms with van der Waals surface area (Å²) in [6, 6.07) is 58.6. The molecule has 0 bridgehead atoms. The fourth-order valence-electron chi connectivity index (χ4n) is 9.49. The zero-order valence-corrected chi connectivity index (χ0v) is 30.3. The highest BCUT2D eigenvalue weighted by molar-refractivity contribution is 6.00. The number of benzene rings is 8. The van der Waals surface area contributed by atoms with Crippen molar-refractivity contribution in [2.75, 3.05) is 0 Å². The van der Waals surface area contributed by atoms with Crippen molar-refractivity contribution in [1.82, 2.24) is 0 Å². The van der Waals surface area contributed by atoms with E-state index in [4.69, 9.17) is 6.42 Å². The lowest BCUT2D eigenvalue weighted by Crippen LogP contribution is -2.28. The molecular formula is C56H46. The zero-order chi connectivity index (χ0) is 36.2. The van der Waals surface area contributed by atoms with Crippen LogP contribution in [-0.2, 0) is 11.8 Å². The summed E-state index contributed by atoms with van der Waals surface area (Å²) in [6.07, 6.45) is 17.5. The minimum Gasteiger partial charge on any atom is -0.115 e. The lowest BCUT2D eigenvalue weighted by molar-refractivity contribution is 0.769. The maximum atomic E-state index is 6.39. The van der Waals surface area contributed by atoms with Crippen LogP contribution < -0.4 is 0 Å². The van der Waals surface area contributed by atoms with E-state index in [-0.39, 0.29) is 14.9 Å². The van der Waals surface area contributed by atoms with E-state index < -0.39 is 5.41 Å². The van der Waals surface area contributed by atoms with Crippen molar-refractivity contribution >= 4 is 33.7 Å². The number of aryl methyl sites for hydroxylation is 1. The van der Waals surface area contributed by atoms with Gasteiger partial charge in [-0.1, -0.05) is 179 Å². The van der Waals surface area contributed by atoms with Crippen LogP contribution in [0, 0.1) is 12.3 Å². The quantitative estimate of drug-likeness (QED) is 0.155. The smallest absolute Gasteiger partial charge is 0.0713 e. The van der Waals surface area contributed by atoms with Crippen molar-refractivity contribution in [1.29, 1.82) is 0 Å². The first-order valence-corrected chi connectivity index (χ1v) is 19.0. The Hall–Kier alpha value is -6.68. The number of fused-ring (bicyclic) bond motifs is 7. The highest BCUT2D eigenvalue weighted by Crippen LogP contribution is 2.58. The van der Waals surface area contributed by atoms with Crippen LogP contribution in [0.5, 0.6) is 0 Å². The van der Waals surface area contributed by atoms with Crippen LogP contribution >= 0.6 is 0 Å². The largest absolute Gasteiger partial charge is 0.115 e. The van der Waals surface area contributed by atoms with E-state index >= 15 is 0 Å². The molecule has 10 rings (SSSR count). The summed E-state index contributed by atoms with van der Waals surface area (Å²) in [5.74, 6) is 3.11. The molecular weight excluding hydrogens is 673 g/mol. The molecule has 0 atom stereocenters. The summed E-state index contributed by atoms with van der Waals surface area (Å²) in [5, 5.41) is 5.01. The molecule has 56 heavy (non-hydrogen) atoms. The van der Waals surface area contributed by atoms with Gasteiger partial charge in [0.1, 0.15) is 0 Å². The lowest BCUT2D eigenvalue weighted by atomic mass is 9.67. The van der Waals surface area contributed by atoms with Gasteiger partial charge in [-0.25, -0.2) is 0 Å². The van der Waals surface area contributed by atoms with Crippen LogP contribution in [0.2, 0.25) is 0 Å². The molecule has 270 valence electrons. The molecule has 0 heteroatoms. The Morgan fingerprint density at radius 2 is 1.11 bits per heavy atom. The van der Waals surface area contributed by atoms with Crippen molar-refractivity contribution in [3.05, 3.63) is 214 Å². The third kappa shape index (κ3) is 5.38. The fraction of sp³-hybridized carbons (Fsp3) is 0.107. The monoisotopic (exact) mass is 718 g/mol. The predicted octanol–water partition coefficient (Wildman–Crippen LogP) is 14.9. The second-order valence-corrected chi connectivity index (χ2v) is 14.6. The molecule has 0 saturated heterocycles. The first-order valence-electron chi connectivity index (χ1n) is 19.0. The molecule has 8 aromatic carbocycles. The summed E-state index contributed by atoms with van der Waals surface area (Å²) in [5.41, 5.74) is 16.6. The molecule has 0 heterocycles. The Morgan fingerprint density at radius 1 is 0.571 bits per heavy atom. The molecule has 0 aliphatic heterocycles. The first kappa shape index (κ1) is 36.3. The molecule has 0 saturated carbocycles. The van der Waals surface area contributed by atoms with Crippen molar-refractivity contribution in [2.24, 2.45) is 0 Å². The summed E-state index contributed by atoms with van der Waals surface area (Å²) >= 11 is 0. The van der Waals surface area contributed by atoms with E-state index in [0.717, 1.165) is 35.1 Å². The molecule has 0 amide bonds. The van der Waals surface area contributed by atoms with Crippen molar-refractivity contribution < 1.29 is 0 Å². The zero-order valence-electron chi connectivity index (χ0n) is 30.3. The number of terminal acetylenes is 1. The SMILES string of the molecule is C.C.C#Cc1c(-c2ccc3c(c2)C(c2ccccc2)(c2ccccc2)c2cc(-c4cc5ccccc5c5c4C=CCC5)ccc2-3)cc2ccccc2c1/C=C\C. The van der Waals surface area contributed by atoms with E-state index in [1.807, 2.05) is 0 Å². The van der Waals surface area contributed by atoms with Crippen LogP contribution in [0.25, 0.3) is 67.1 Å². The van der Waals surface area contributed by atoms with E-state index in [0.29, 0.717) is 0 Å². The standard InChI is InChI=1S/C54H38.2CH4/c1-3-17-45-42(4-2)50(32-36-18-11-13-24-43(36)45)38-28-30-48-49-31-29-39(51-33-37-19-12-14-25-44(37)46-26-15-16-27-47(46)51)35-53(49)54(52(48)34-38,40-20-7-5-8-21-40)41-22-9-6-10-23-41;;/h2-3,5-14,16-25,27-35H,15,26H2,1H3;2*1H4/b17-3-;;. The van der Waals surface area contributed by atoms with Crippen LogP contribution in [0.3, 0.4) is 0 Å². The molecule has 0 fully saturated rings. The van der Waals surface area contributed by atoms with E-state index in [1.165, 1.54) is 77.2 Å². The molecule has 2 aliphatic rings. The van der Waals surface area contributed by atoms with Gasteiger partial charge in [0.05, 0.1) is 5.41 Å². The van der Waals surface area contributed by atoms with E-state index in [9.17, 15) is 0 Å². The molecule has 0 radical (unpaired) electrons. The van der Waals surface area contributed by atoms with Gasteiger partial charge in [0.2, 0.25) is 0 Å². The van der Waals surface area contributed by atoms with E-state index in [2.05, 4.69) is 195 Å². The lowest BCUT2D eigenvalue weighted by Gasteiger charge is -2.34. The Morgan fingerprint density at radius 3 is 1.71 bits per heavy atom. The number of rotatable bonds is 5. The fourth-order valence-corrected chi connectivity index (χ4v) is 9.49. The van der Waals surface area contributed by atoms with Gasteiger partial charge in [0.25, 0.3) is 0 Å². The predicted molar refractivity (Wildman–Crippen MR) is 243 cm³/mol. The molecule has 2 aliphatic carbocycles. The van der Waals surface area contributed by atoms with Gasteiger partial charge in [-0.2, -0.15) is 0 Å². The molecule has 0 N–H and O–H groups in total. The second-order valence-electron chi connectivity index (χ2n) is 14.6. The number of allylic oxidation sites excluding steroid dienone is 2. The maximum absolute atomic E-state index is 6.39. The van der Waals surface area contributed by atoms with Gasteiger partial charge in [-0.05, 0) is 138 Å². The summed E-state index contributed by atoms with van der Waals surface area (Å²) in [7, 11) is 0. The Kier molecular flexibility index (Phi) is 9.41. The normalized spacial score (nSPS) is 13.4. The van der Waals surface area contributed by atoms with Gasteiger partial charge in [-0.15, -0.1) is 6.42 Å². The van der Waals surface area contributed by atoms with Crippen LogP contribution in [-0.4, -0.2) is 0 Å². The second kappa shape index (κ2) is 14.5. The highest BCUT2D eigenvalue weighted by Gasteiger charge is 2.46. The Labute approximate surface area is 332 Å². The first-order chi connectivity index (χ1) is 26.7. The molecule has 0 aromatic heterocycles. The van der Waals surface area contributed by atoms with Crippen LogP contribution in [0.15, 0.2) is 170 Å². The molecule has 8 aromatic rings. The molecule has 0 spiro atoms. The average molecular weight is 719 g/mol. The van der Waals surface area contributed by atoms with Crippen molar-refractivity contribution in [2.45, 2.75) is 40.0 Å². The minimum atomic E-state index is -0.564. The third-order valence-electron chi connectivity index (χ3n) is 11.8. The van der Waals surface area contributed by atoms with Crippen molar-refractivity contribution in [3.63, 3.8) is 0 Å². The summed E-state index contributed by atoms with van der Waals surface area (Å²) in [4.78, 5) is 0. The molecule has 0 nitrogen and oxygen atoms in total. The van der Waals surface area contributed by atoms with Gasteiger partial charge in [0, 0.05) is 5.56 Å². The van der Waals surface area contributed by atoms with Gasteiger partial charge < -0.3 is 0 Å². The van der Waals surface area contributed by atoms with Crippen LogP contribution in [0.4, 0.5) is 0 Å². The van der Waals surface area contributed by atoms with Crippen LogP contribution in [0.1, 0.15) is 72.7 Å².